The van der Waals surface area contributed by atoms with E-state index in [1.165, 1.54) is 0 Å². The number of aromatic nitrogens is 1. The minimum Gasteiger partial charge on any atom is -0.347 e. The molecular weight excluding hydrogens is 234 g/mol. The van der Waals surface area contributed by atoms with E-state index in [0.29, 0.717) is 6.42 Å². The normalized spacial score (nSPS) is 18.9. The van der Waals surface area contributed by atoms with Crippen molar-refractivity contribution in [3.63, 3.8) is 0 Å². The maximum atomic E-state index is 11.8. The Morgan fingerprint density at radius 3 is 2.82 bits per heavy atom. The minimum absolute atomic E-state index is 0.127. The fraction of sp³-hybridized carbons (Fsp3) is 0.615. The zero-order chi connectivity index (χ0) is 12.6. The Labute approximate surface area is 105 Å². The number of ketones is 1. The van der Waals surface area contributed by atoms with E-state index in [0.717, 1.165) is 36.3 Å². The molecule has 17 heavy (non-hydrogen) atoms. The summed E-state index contributed by atoms with van der Waals surface area (Å²) >= 11 is 0. The first kappa shape index (κ1) is 12.6. The Balaban J connectivity index is 2.34. The molecule has 0 saturated heterocycles. The molecule has 0 spiro atoms. The lowest BCUT2D eigenvalue weighted by atomic mass is 9.96. The van der Waals surface area contributed by atoms with Gasteiger partial charge in [0.05, 0.1) is 0 Å². The standard InChI is InChI=1S/C13H19NO2S/c1-9-7-11-12(5-4-6-13(11)15)14(9)8-10(2)17(3)16/h7,10H,4-6,8H2,1-3H3. The molecule has 0 amide bonds. The average Bonchev–Trinajstić information content (AvgIpc) is 2.58. The van der Waals surface area contributed by atoms with Crippen molar-refractivity contribution in [1.29, 1.82) is 0 Å². The Hall–Kier alpha value is -0.900. The summed E-state index contributed by atoms with van der Waals surface area (Å²) in [4.78, 5) is 11.8. The summed E-state index contributed by atoms with van der Waals surface area (Å²) in [5.74, 6) is 0.262. The molecule has 0 saturated carbocycles. The molecule has 0 radical (unpaired) electrons. The van der Waals surface area contributed by atoms with Gasteiger partial charge in [-0.25, -0.2) is 0 Å². The molecule has 4 heteroatoms. The number of hydrogen-bond acceptors (Lipinski definition) is 2. The van der Waals surface area contributed by atoms with Gasteiger partial charge in [0.1, 0.15) is 0 Å². The maximum absolute atomic E-state index is 11.8. The van der Waals surface area contributed by atoms with Gasteiger partial charge in [-0.2, -0.15) is 0 Å². The van der Waals surface area contributed by atoms with Crippen molar-refractivity contribution in [3.8, 4) is 0 Å². The van der Waals surface area contributed by atoms with Gasteiger partial charge < -0.3 is 4.57 Å². The molecule has 1 aliphatic carbocycles. The van der Waals surface area contributed by atoms with Crippen molar-refractivity contribution in [2.75, 3.05) is 6.26 Å². The van der Waals surface area contributed by atoms with Crippen molar-refractivity contribution in [1.82, 2.24) is 4.57 Å². The number of carbonyl (C=O) groups is 1. The molecule has 0 aliphatic heterocycles. The summed E-state index contributed by atoms with van der Waals surface area (Å²) in [5.41, 5.74) is 3.15. The zero-order valence-electron chi connectivity index (χ0n) is 10.7. The molecule has 3 nitrogen and oxygen atoms in total. The highest BCUT2D eigenvalue weighted by atomic mass is 32.2. The summed E-state index contributed by atoms with van der Waals surface area (Å²) in [6.07, 6.45) is 4.32. The maximum Gasteiger partial charge on any atom is 0.164 e. The summed E-state index contributed by atoms with van der Waals surface area (Å²) < 4.78 is 13.6. The molecule has 94 valence electrons. The van der Waals surface area contributed by atoms with Crippen LogP contribution in [0.3, 0.4) is 0 Å². The van der Waals surface area contributed by atoms with Crippen molar-refractivity contribution >= 4 is 16.6 Å². The van der Waals surface area contributed by atoms with E-state index in [1.54, 1.807) is 6.26 Å². The van der Waals surface area contributed by atoms with E-state index in [-0.39, 0.29) is 11.0 Å². The van der Waals surface area contributed by atoms with Gasteiger partial charge in [0.2, 0.25) is 0 Å². The smallest absolute Gasteiger partial charge is 0.164 e. The van der Waals surface area contributed by atoms with Crippen molar-refractivity contribution in [3.05, 3.63) is 23.0 Å². The molecule has 2 unspecified atom stereocenters. The van der Waals surface area contributed by atoms with E-state index < -0.39 is 10.8 Å². The largest absolute Gasteiger partial charge is 0.347 e. The quantitative estimate of drug-likeness (QED) is 0.827. The van der Waals surface area contributed by atoms with Crippen LogP contribution in [0.2, 0.25) is 0 Å². The molecule has 0 bridgehead atoms. The molecule has 0 N–H and O–H groups in total. The second-order valence-corrected chi connectivity index (χ2v) is 6.64. The van der Waals surface area contributed by atoms with Crippen LogP contribution >= 0.6 is 0 Å². The van der Waals surface area contributed by atoms with Crippen molar-refractivity contribution < 1.29 is 9.00 Å². The summed E-state index contributed by atoms with van der Waals surface area (Å²) in [7, 11) is -0.819. The van der Waals surface area contributed by atoms with Gasteiger partial charge in [-0.05, 0) is 32.8 Å². The van der Waals surface area contributed by atoms with Gasteiger partial charge in [0.25, 0.3) is 0 Å². The highest BCUT2D eigenvalue weighted by Crippen LogP contribution is 2.25. The third-order valence-corrected chi connectivity index (χ3v) is 4.82. The van der Waals surface area contributed by atoms with Gasteiger partial charge in [-0.3, -0.25) is 9.00 Å². The Morgan fingerprint density at radius 2 is 2.18 bits per heavy atom. The third kappa shape index (κ3) is 2.37. The van der Waals surface area contributed by atoms with Crippen LogP contribution in [0.1, 0.15) is 41.5 Å². The van der Waals surface area contributed by atoms with E-state index >= 15 is 0 Å². The number of aryl methyl sites for hydroxylation is 1. The Kier molecular flexibility index (Phi) is 3.52. The van der Waals surface area contributed by atoms with E-state index in [4.69, 9.17) is 0 Å². The first-order valence-corrected chi connectivity index (χ1v) is 7.67. The third-order valence-electron chi connectivity index (χ3n) is 3.54. The first-order valence-electron chi connectivity index (χ1n) is 6.05. The first-order chi connectivity index (χ1) is 8.00. The van der Waals surface area contributed by atoms with Crippen LogP contribution < -0.4 is 0 Å². The molecule has 2 rings (SSSR count). The molecule has 1 heterocycles. The SMILES string of the molecule is Cc1cc2c(n1CC(C)S(C)=O)CCCC2=O. The average molecular weight is 253 g/mol. The summed E-state index contributed by atoms with van der Waals surface area (Å²) in [5, 5.41) is 0.127. The van der Waals surface area contributed by atoms with Crippen LogP contribution in [0.25, 0.3) is 0 Å². The lowest BCUT2D eigenvalue weighted by Gasteiger charge is -2.18. The zero-order valence-corrected chi connectivity index (χ0v) is 11.5. The van der Waals surface area contributed by atoms with Gasteiger partial charge >= 0.3 is 0 Å². The van der Waals surface area contributed by atoms with E-state index in [1.807, 2.05) is 19.9 Å². The number of fused-ring (bicyclic) bond motifs is 1. The predicted octanol–water partition coefficient (Wildman–Crippen LogP) is 2.08. The molecular formula is C13H19NO2S. The Morgan fingerprint density at radius 1 is 1.47 bits per heavy atom. The number of rotatable bonds is 3. The van der Waals surface area contributed by atoms with Crippen LogP contribution in [-0.4, -0.2) is 26.1 Å². The van der Waals surface area contributed by atoms with Crippen molar-refractivity contribution in [2.45, 2.75) is 44.9 Å². The molecule has 1 aliphatic rings. The fourth-order valence-corrected chi connectivity index (χ4v) is 2.77. The number of Topliss-reactive ketones (excluding diaryl/α,β-unsaturated/α-hetero) is 1. The number of carbonyl (C=O) groups excluding carboxylic acids is 1. The van der Waals surface area contributed by atoms with Gasteiger partial charge in [-0.1, -0.05) is 0 Å². The van der Waals surface area contributed by atoms with E-state index in [9.17, 15) is 9.00 Å². The highest BCUT2D eigenvalue weighted by Gasteiger charge is 2.23. The summed E-state index contributed by atoms with van der Waals surface area (Å²) in [6.45, 7) is 4.76. The van der Waals surface area contributed by atoms with Gasteiger partial charge in [0, 0.05) is 52.2 Å². The molecule has 1 aromatic heterocycles. The van der Waals surface area contributed by atoms with Gasteiger partial charge in [0.15, 0.2) is 5.78 Å². The lowest BCUT2D eigenvalue weighted by molar-refractivity contribution is 0.0971. The van der Waals surface area contributed by atoms with E-state index in [2.05, 4.69) is 4.57 Å². The fourth-order valence-electron chi connectivity index (χ4n) is 2.41. The predicted molar refractivity (Wildman–Crippen MR) is 70.0 cm³/mol. The highest BCUT2D eigenvalue weighted by molar-refractivity contribution is 7.84. The molecule has 1 aromatic rings. The second kappa shape index (κ2) is 4.77. The monoisotopic (exact) mass is 253 g/mol. The van der Waals surface area contributed by atoms with Crippen LogP contribution in [-0.2, 0) is 23.8 Å². The minimum atomic E-state index is -0.819. The van der Waals surface area contributed by atoms with Crippen LogP contribution in [0.5, 0.6) is 0 Å². The molecule has 0 fully saturated rings. The summed E-state index contributed by atoms with van der Waals surface area (Å²) in [6, 6.07) is 1.99. The molecule has 0 aromatic carbocycles. The number of nitrogens with zero attached hydrogens (tertiary/aromatic N) is 1. The van der Waals surface area contributed by atoms with Gasteiger partial charge in [-0.15, -0.1) is 0 Å². The van der Waals surface area contributed by atoms with Crippen LogP contribution in [0.15, 0.2) is 6.07 Å². The number of hydrogen-bond donors (Lipinski definition) is 0. The molecule has 2 atom stereocenters. The van der Waals surface area contributed by atoms with Crippen LogP contribution in [0.4, 0.5) is 0 Å². The lowest BCUT2D eigenvalue weighted by Crippen LogP contribution is -2.21. The van der Waals surface area contributed by atoms with Crippen molar-refractivity contribution in [2.24, 2.45) is 0 Å². The topological polar surface area (TPSA) is 39.1 Å². The second-order valence-electron chi connectivity index (χ2n) is 4.84. The Bertz CT molecular complexity index is 476. The van der Waals surface area contributed by atoms with Crippen LogP contribution in [0, 0.1) is 6.92 Å².